The van der Waals surface area contributed by atoms with Gasteiger partial charge in [0, 0.05) is 22.8 Å². The predicted molar refractivity (Wildman–Crippen MR) is 142 cm³/mol. The highest BCUT2D eigenvalue weighted by Gasteiger charge is 2.13. The maximum Gasteiger partial charge on any atom is 0.337 e. The molecule has 5 N–H and O–H groups in total. The van der Waals surface area contributed by atoms with Crippen molar-refractivity contribution in [1.82, 2.24) is 5.32 Å². The molecular weight excluding hydrogens is 453 g/mol. The summed E-state index contributed by atoms with van der Waals surface area (Å²) in [5.41, 5.74) is 6.92. The molecule has 0 saturated carbocycles. The Labute approximate surface area is 209 Å². The van der Waals surface area contributed by atoms with E-state index in [2.05, 4.69) is 24.5 Å². The van der Waals surface area contributed by atoms with Crippen LogP contribution in [0.25, 0.3) is 0 Å². The Bertz CT molecular complexity index is 837. The summed E-state index contributed by atoms with van der Waals surface area (Å²) in [5.74, 6) is -1.68. The first-order valence-electron chi connectivity index (χ1n) is 12.4. The second-order valence-electron chi connectivity index (χ2n) is 8.32. The highest BCUT2D eigenvalue weighted by molar-refractivity contribution is 6.31. The fourth-order valence-electron chi connectivity index (χ4n) is 3.49. The molecule has 0 saturated heterocycles. The van der Waals surface area contributed by atoms with Gasteiger partial charge in [-0.15, -0.1) is 0 Å². The summed E-state index contributed by atoms with van der Waals surface area (Å²) >= 11 is 6.02. The summed E-state index contributed by atoms with van der Waals surface area (Å²) in [5, 5.41) is 15.9. The Morgan fingerprint density at radius 3 is 2.21 bits per heavy atom. The van der Waals surface area contributed by atoms with Gasteiger partial charge >= 0.3 is 5.97 Å². The van der Waals surface area contributed by atoms with Crippen LogP contribution in [0.15, 0.2) is 36.4 Å². The number of hydrogen-bond donors (Lipinski definition) is 4. The van der Waals surface area contributed by atoms with Crippen molar-refractivity contribution in [2.24, 2.45) is 5.73 Å². The van der Waals surface area contributed by atoms with Crippen LogP contribution in [0.3, 0.4) is 0 Å². The van der Waals surface area contributed by atoms with Gasteiger partial charge in [0.25, 0.3) is 0 Å². The minimum atomic E-state index is -1.15. The molecule has 0 fully saturated rings. The second kappa shape index (κ2) is 18.2. The molecule has 0 atom stereocenters. The zero-order valence-corrected chi connectivity index (χ0v) is 21.4. The summed E-state index contributed by atoms with van der Waals surface area (Å²) in [7, 11) is 0. The molecule has 0 bridgehead atoms. The lowest BCUT2D eigenvalue weighted by Gasteiger charge is -2.14. The van der Waals surface area contributed by atoms with Crippen LogP contribution < -0.4 is 16.4 Å². The lowest BCUT2D eigenvalue weighted by Crippen LogP contribution is -2.16. The summed E-state index contributed by atoms with van der Waals surface area (Å²) < 4.78 is 13.3. The number of carboxylic acid groups (broad SMARTS) is 1. The molecule has 7 heteroatoms. The van der Waals surface area contributed by atoms with Crippen molar-refractivity contribution in [3.05, 3.63) is 58.4 Å². The van der Waals surface area contributed by atoms with Crippen molar-refractivity contribution < 1.29 is 14.3 Å². The second-order valence-corrected chi connectivity index (χ2v) is 8.72. The van der Waals surface area contributed by atoms with Gasteiger partial charge in [0.1, 0.15) is 5.82 Å². The minimum Gasteiger partial charge on any atom is -0.478 e. The molecule has 190 valence electrons. The highest BCUT2D eigenvalue weighted by atomic mass is 35.5. The molecule has 34 heavy (non-hydrogen) atoms. The molecule has 0 amide bonds. The number of carboxylic acids is 1. The summed E-state index contributed by atoms with van der Waals surface area (Å²) in [4.78, 5) is 11.1. The number of halogens is 2. The average Bonchev–Trinajstić information content (AvgIpc) is 2.81. The van der Waals surface area contributed by atoms with Crippen molar-refractivity contribution in [2.45, 2.75) is 78.2 Å². The van der Waals surface area contributed by atoms with E-state index in [4.69, 9.17) is 22.4 Å². The number of anilines is 2. The molecule has 0 spiro atoms. The maximum atomic E-state index is 13.3. The van der Waals surface area contributed by atoms with Crippen molar-refractivity contribution in [1.29, 1.82) is 0 Å². The van der Waals surface area contributed by atoms with Crippen molar-refractivity contribution in [2.75, 3.05) is 18.4 Å². The van der Waals surface area contributed by atoms with Gasteiger partial charge in [-0.2, -0.15) is 0 Å². The van der Waals surface area contributed by atoms with Crippen LogP contribution in [0.5, 0.6) is 0 Å². The van der Waals surface area contributed by atoms with Gasteiger partial charge < -0.3 is 21.5 Å². The molecule has 0 aromatic heterocycles. The zero-order valence-electron chi connectivity index (χ0n) is 20.6. The van der Waals surface area contributed by atoms with Crippen LogP contribution in [0.1, 0.15) is 87.6 Å². The van der Waals surface area contributed by atoms with Gasteiger partial charge in [-0.1, -0.05) is 76.5 Å². The summed E-state index contributed by atoms with van der Waals surface area (Å²) in [6.45, 7) is 7.17. The number of unbranched alkanes of at least 4 members (excludes halogenated alkanes) is 7. The quantitative estimate of drug-likeness (QED) is 0.193. The van der Waals surface area contributed by atoms with E-state index in [0.717, 1.165) is 12.1 Å². The van der Waals surface area contributed by atoms with E-state index >= 15 is 0 Å². The first kappa shape index (κ1) is 29.9. The van der Waals surface area contributed by atoms with Gasteiger partial charge in [-0.25, -0.2) is 9.18 Å². The first-order chi connectivity index (χ1) is 16.4. The molecule has 2 aromatic carbocycles. The van der Waals surface area contributed by atoms with Crippen molar-refractivity contribution in [3.63, 3.8) is 0 Å². The van der Waals surface area contributed by atoms with E-state index in [1.165, 1.54) is 76.9 Å². The Morgan fingerprint density at radius 1 is 0.941 bits per heavy atom. The van der Waals surface area contributed by atoms with E-state index < -0.39 is 11.8 Å². The molecule has 0 aliphatic heterocycles. The first-order valence-corrected chi connectivity index (χ1v) is 12.8. The van der Waals surface area contributed by atoms with Crippen LogP contribution in [0.4, 0.5) is 15.8 Å². The molecular formula is C27H41ClFN3O2. The van der Waals surface area contributed by atoms with Gasteiger partial charge in [-0.05, 0) is 56.3 Å². The van der Waals surface area contributed by atoms with Crippen molar-refractivity contribution in [3.8, 4) is 0 Å². The topological polar surface area (TPSA) is 87.4 Å². The molecule has 2 aromatic rings. The number of hydrogen-bond acceptors (Lipinski definition) is 4. The number of aromatic carboxylic acids is 1. The third kappa shape index (κ3) is 11.8. The standard InChI is InChI=1S/C14H12ClFN2O2.C13H29N/c15-11-2-1-3-12(10(11)7-17)18-13-6-8(16)4-5-9(13)14(19)20;1-3-5-7-8-9-11-13-14-12-10-6-4-2/h1-6,18H,7,17H2,(H,19,20);14H,3-13H2,1-2H3. The SMILES string of the molecule is CCCCCCCCNCCCCC.NCc1c(Cl)cccc1Nc1cc(F)ccc1C(=O)O. The molecule has 0 radical (unpaired) electrons. The fourth-order valence-corrected chi connectivity index (χ4v) is 3.74. The number of benzene rings is 2. The van der Waals surface area contributed by atoms with E-state index in [1.807, 2.05) is 0 Å². The Hall–Kier alpha value is -2.15. The molecule has 5 nitrogen and oxygen atoms in total. The summed E-state index contributed by atoms with van der Waals surface area (Å²) in [6, 6.07) is 8.49. The highest BCUT2D eigenvalue weighted by Crippen LogP contribution is 2.28. The van der Waals surface area contributed by atoms with Gasteiger partial charge in [0.05, 0.1) is 11.3 Å². The Morgan fingerprint density at radius 2 is 1.56 bits per heavy atom. The average molecular weight is 494 g/mol. The Balaban J connectivity index is 0.000000365. The third-order valence-electron chi connectivity index (χ3n) is 5.47. The van der Waals surface area contributed by atoms with Crippen LogP contribution in [0, 0.1) is 5.82 Å². The molecule has 2 rings (SSSR count). The zero-order chi connectivity index (χ0) is 25.2. The largest absolute Gasteiger partial charge is 0.478 e. The molecule has 0 aliphatic carbocycles. The Kier molecular flexibility index (Phi) is 16.0. The molecule has 0 unspecified atom stereocenters. The van der Waals surface area contributed by atoms with Crippen LogP contribution >= 0.6 is 11.6 Å². The molecule has 0 heterocycles. The number of rotatable bonds is 15. The van der Waals surface area contributed by atoms with Crippen LogP contribution in [-0.4, -0.2) is 24.2 Å². The van der Waals surface area contributed by atoms with Gasteiger partial charge in [0.15, 0.2) is 0 Å². The minimum absolute atomic E-state index is 0.0330. The van der Waals surface area contributed by atoms with Gasteiger partial charge in [0.2, 0.25) is 0 Å². The number of nitrogens with two attached hydrogens (primary N) is 1. The maximum absolute atomic E-state index is 13.3. The fraction of sp³-hybridized carbons (Fsp3) is 0.519. The van der Waals surface area contributed by atoms with E-state index in [-0.39, 0.29) is 17.8 Å². The van der Waals surface area contributed by atoms with E-state index in [1.54, 1.807) is 18.2 Å². The number of carbonyl (C=O) groups is 1. The van der Waals surface area contributed by atoms with E-state index in [9.17, 15) is 9.18 Å². The molecule has 0 aliphatic rings. The third-order valence-corrected chi connectivity index (χ3v) is 5.82. The van der Waals surface area contributed by atoms with Crippen molar-refractivity contribution >= 4 is 28.9 Å². The predicted octanol–water partition coefficient (Wildman–Crippen LogP) is 7.51. The lowest BCUT2D eigenvalue weighted by atomic mass is 10.1. The van der Waals surface area contributed by atoms with Crippen LogP contribution in [0.2, 0.25) is 5.02 Å². The lowest BCUT2D eigenvalue weighted by molar-refractivity contribution is 0.0698. The summed E-state index contributed by atoms with van der Waals surface area (Å²) in [6.07, 6.45) is 12.5. The smallest absolute Gasteiger partial charge is 0.337 e. The van der Waals surface area contributed by atoms with E-state index in [0.29, 0.717) is 16.3 Å². The normalized spacial score (nSPS) is 10.5. The van der Waals surface area contributed by atoms with Crippen LogP contribution in [-0.2, 0) is 6.54 Å². The monoisotopic (exact) mass is 493 g/mol. The number of nitrogens with one attached hydrogen (secondary N) is 2. The van der Waals surface area contributed by atoms with Gasteiger partial charge in [-0.3, -0.25) is 0 Å².